The van der Waals surface area contributed by atoms with Gasteiger partial charge in [-0.3, -0.25) is 0 Å². The highest BCUT2D eigenvalue weighted by Gasteiger charge is 2.23. The third-order valence-electron chi connectivity index (χ3n) is 4.27. The number of hydrogen-bond acceptors (Lipinski definition) is 3. The molecule has 9 heteroatoms. The Morgan fingerprint density at radius 1 is 1.08 bits per heavy atom. The number of sulfonamides is 1. The van der Waals surface area contributed by atoms with Crippen LogP contribution in [0.4, 0.5) is 4.79 Å². The summed E-state index contributed by atoms with van der Waals surface area (Å²) in [7, 11) is -3.62. The molecular weight excluding hydrogens is 375 g/mol. The first-order valence-corrected chi connectivity index (χ1v) is 9.93. The summed E-state index contributed by atoms with van der Waals surface area (Å²) in [5, 5.41) is 11.5. The van der Waals surface area contributed by atoms with Crippen LogP contribution >= 0.6 is 23.2 Å². The first-order valence-electron chi connectivity index (χ1n) is 7.69. The summed E-state index contributed by atoms with van der Waals surface area (Å²) in [5.74, 6) is 0.577. The first kappa shape index (κ1) is 19.3. The Balaban J connectivity index is 1.83. The Bertz CT molecular complexity index is 689. The van der Waals surface area contributed by atoms with E-state index in [0.29, 0.717) is 24.0 Å². The van der Waals surface area contributed by atoms with E-state index in [-0.39, 0.29) is 15.8 Å². The van der Waals surface area contributed by atoms with E-state index in [1.165, 1.54) is 18.2 Å². The zero-order valence-electron chi connectivity index (χ0n) is 13.0. The molecule has 3 N–H and O–H groups in total. The van der Waals surface area contributed by atoms with Gasteiger partial charge >= 0.3 is 6.09 Å². The molecule has 0 heterocycles. The topological polar surface area (TPSA) is 95.5 Å². The second-order valence-corrected chi connectivity index (χ2v) is 8.58. The zero-order chi connectivity index (χ0) is 17.7. The van der Waals surface area contributed by atoms with Gasteiger partial charge in [-0.15, -0.1) is 0 Å². The molecule has 0 unspecified atom stereocenters. The van der Waals surface area contributed by atoms with Crippen LogP contribution in [-0.2, 0) is 10.0 Å². The summed E-state index contributed by atoms with van der Waals surface area (Å²) in [6, 6.07) is 4.21. The van der Waals surface area contributed by atoms with Gasteiger partial charge in [0.05, 0.1) is 14.9 Å². The van der Waals surface area contributed by atoms with E-state index in [9.17, 15) is 13.2 Å². The summed E-state index contributed by atoms with van der Waals surface area (Å²) < 4.78 is 27.2. The van der Waals surface area contributed by atoms with E-state index < -0.39 is 16.1 Å². The standard InChI is InChI=1S/C15H20Cl2N2O4S/c16-13-6-5-12(7-14(13)17)24(22,23)19-9-11-3-1-10(2-4-11)8-18-15(20)21/h5-7,10-11,18-19H,1-4,8-9H2,(H,20,21). The summed E-state index contributed by atoms with van der Waals surface area (Å²) in [6.07, 6.45) is 2.51. The molecule has 0 saturated heterocycles. The number of hydrogen-bond donors (Lipinski definition) is 3. The lowest BCUT2D eigenvalue weighted by Gasteiger charge is -2.28. The smallest absolute Gasteiger partial charge is 0.404 e. The van der Waals surface area contributed by atoms with Gasteiger partial charge in [0, 0.05) is 13.1 Å². The van der Waals surface area contributed by atoms with Gasteiger partial charge in [0.25, 0.3) is 0 Å². The molecule has 1 aliphatic carbocycles. The van der Waals surface area contributed by atoms with Gasteiger partial charge in [0.2, 0.25) is 10.0 Å². The monoisotopic (exact) mass is 394 g/mol. The molecule has 0 atom stereocenters. The van der Waals surface area contributed by atoms with Gasteiger partial charge < -0.3 is 10.4 Å². The van der Waals surface area contributed by atoms with E-state index in [2.05, 4.69) is 10.0 Å². The SMILES string of the molecule is O=C(O)NCC1CCC(CNS(=O)(=O)c2ccc(Cl)c(Cl)c2)CC1. The van der Waals surface area contributed by atoms with Crippen LogP contribution in [0.1, 0.15) is 25.7 Å². The predicted molar refractivity (Wildman–Crippen MR) is 93.1 cm³/mol. The molecule has 24 heavy (non-hydrogen) atoms. The molecule has 0 aliphatic heterocycles. The number of rotatable bonds is 6. The summed E-state index contributed by atoms with van der Waals surface area (Å²) in [5.41, 5.74) is 0. The lowest BCUT2D eigenvalue weighted by atomic mass is 9.82. The Labute approximate surface area is 151 Å². The van der Waals surface area contributed by atoms with Crippen LogP contribution in [0.5, 0.6) is 0 Å². The van der Waals surface area contributed by atoms with Gasteiger partial charge in [-0.2, -0.15) is 0 Å². The number of amides is 1. The van der Waals surface area contributed by atoms with Crippen molar-refractivity contribution in [2.45, 2.75) is 30.6 Å². The molecule has 1 aliphatic rings. The van der Waals surface area contributed by atoms with Crippen molar-refractivity contribution in [2.75, 3.05) is 13.1 Å². The van der Waals surface area contributed by atoms with E-state index in [1.54, 1.807) is 0 Å². The minimum atomic E-state index is -3.62. The van der Waals surface area contributed by atoms with Crippen molar-refractivity contribution in [2.24, 2.45) is 11.8 Å². The van der Waals surface area contributed by atoms with Crippen molar-refractivity contribution >= 4 is 39.3 Å². The van der Waals surface area contributed by atoms with Gasteiger partial charge in [-0.25, -0.2) is 17.9 Å². The molecule has 1 amide bonds. The van der Waals surface area contributed by atoms with Crippen LogP contribution in [0, 0.1) is 11.8 Å². The highest BCUT2D eigenvalue weighted by molar-refractivity contribution is 7.89. The van der Waals surface area contributed by atoms with Crippen molar-refractivity contribution in [3.05, 3.63) is 28.2 Å². The van der Waals surface area contributed by atoms with Gasteiger partial charge in [0.15, 0.2) is 0 Å². The molecule has 134 valence electrons. The lowest BCUT2D eigenvalue weighted by molar-refractivity contribution is 0.188. The van der Waals surface area contributed by atoms with Crippen molar-refractivity contribution in [1.82, 2.24) is 10.0 Å². The molecule has 0 radical (unpaired) electrons. The number of carbonyl (C=O) groups is 1. The second kappa shape index (κ2) is 8.38. The molecule has 0 bridgehead atoms. The Morgan fingerprint density at radius 2 is 1.67 bits per heavy atom. The van der Waals surface area contributed by atoms with Crippen LogP contribution in [0.25, 0.3) is 0 Å². The van der Waals surface area contributed by atoms with Crippen LogP contribution in [0.3, 0.4) is 0 Å². The number of nitrogens with one attached hydrogen (secondary N) is 2. The van der Waals surface area contributed by atoms with E-state index in [0.717, 1.165) is 25.7 Å². The largest absolute Gasteiger partial charge is 0.465 e. The molecule has 1 aromatic rings. The van der Waals surface area contributed by atoms with Crippen LogP contribution in [-0.4, -0.2) is 32.7 Å². The molecule has 1 fully saturated rings. The molecule has 2 rings (SSSR count). The molecule has 1 aromatic carbocycles. The number of carboxylic acid groups (broad SMARTS) is 1. The minimum absolute atomic E-state index is 0.0937. The average Bonchev–Trinajstić information content (AvgIpc) is 2.54. The van der Waals surface area contributed by atoms with Gasteiger partial charge in [0.1, 0.15) is 0 Å². The van der Waals surface area contributed by atoms with Crippen LogP contribution in [0.15, 0.2) is 23.1 Å². The molecule has 6 nitrogen and oxygen atoms in total. The Kier molecular flexibility index (Phi) is 6.74. The summed E-state index contributed by atoms with van der Waals surface area (Å²) in [6.45, 7) is 0.818. The highest BCUT2D eigenvalue weighted by Crippen LogP contribution is 2.29. The van der Waals surface area contributed by atoms with E-state index in [1.807, 2.05) is 0 Å². The predicted octanol–water partition coefficient (Wildman–Crippen LogP) is 3.35. The number of benzene rings is 1. The molecule has 1 saturated carbocycles. The zero-order valence-corrected chi connectivity index (χ0v) is 15.3. The maximum absolute atomic E-state index is 12.3. The van der Waals surface area contributed by atoms with Crippen LogP contribution < -0.4 is 10.0 Å². The normalized spacial score (nSPS) is 21.4. The molecular formula is C15H20Cl2N2O4S. The lowest BCUT2D eigenvalue weighted by Crippen LogP contribution is -2.34. The maximum Gasteiger partial charge on any atom is 0.404 e. The minimum Gasteiger partial charge on any atom is -0.465 e. The fourth-order valence-electron chi connectivity index (χ4n) is 2.83. The quantitative estimate of drug-likeness (QED) is 0.689. The average molecular weight is 395 g/mol. The summed E-state index contributed by atoms with van der Waals surface area (Å²) in [4.78, 5) is 10.6. The fourth-order valence-corrected chi connectivity index (χ4v) is 4.33. The van der Waals surface area contributed by atoms with Gasteiger partial charge in [-0.05, 0) is 55.7 Å². The van der Waals surface area contributed by atoms with Crippen molar-refractivity contribution in [3.8, 4) is 0 Å². The first-order chi connectivity index (χ1) is 11.3. The van der Waals surface area contributed by atoms with E-state index in [4.69, 9.17) is 28.3 Å². The van der Waals surface area contributed by atoms with Crippen molar-refractivity contribution in [1.29, 1.82) is 0 Å². The Hall–Kier alpha value is -1.02. The Morgan fingerprint density at radius 3 is 2.21 bits per heavy atom. The highest BCUT2D eigenvalue weighted by atomic mass is 35.5. The van der Waals surface area contributed by atoms with Crippen molar-refractivity contribution < 1.29 is 18.3 Å². The molecule has 0 spiro atoms. The van der Waals surface area contributed by atoms with Crippen LogP contribution in [0.2, 0.25) is 10.0 Å². The number of halogens is 2. The maximum atomic E-state index is 12.3. The third-order valence-corrected chi connectivity index (χ3v) is 6.43. The molecule has 0 aromatic heterocycles. The second-order valence-electron chi connectivity index (χ2n) is 6.00. The van der Waals surface area contributed by atoms with Crippen molar-refractivity contribution in [3.63, 3.8) is 0 Å². The summed E-state index contributed by atoms with van der Waals surface area (Å²) >= 11 is 11.7. The third kappa shape index (κ3) is 5.51. The van der Waals surface area contributed by atoms with E-state index >= 15 is 0 Å². The van der Waals surface area contributed by atoms with Gasteiger partial charge in [-0.1, -0.05) is 23.2 Å². The fraction of sp³-hybridized carbons (Fsp3) is 0.533.